The van der Waals surface area contributed by atoms with Crippen molar-refractivity contribution in [3.05, 3.63) is 28.2 Å². The van der Waals surface area contributed by atoms with Gasteiger partial charge in [-0.3, -0.25) is 0 Å². The van der Waals surface area contributed by atoms with Gasteiger partial charge in [0.15, 0.2) is 0 Å². The fourth-order valence-electron chi connectivity index (χ4n) is 1.40. The minimum atomic E-state index is 0.698. The van der Waals surface area contributed by atoms with Crippen molar-refractivity contribution >= 4 is 15.9 Å². The van der Waals surface area contributed by atoms with Crippen LogP contribution in [0.5, 0.6) is 5.75 Å². The molecule has 3 heteroatoms. The Bertz CT molecular complexity index is 302. The van der Waals surface area contributed by atoms with Crippen LogP contribution in [0.3, 0.4) is 0 Å². The molecule has 84 valence electrons. The molecule has 2 nitrogen and oxygen atoms in total. The normalized spacial score (nSPS) is 10.3. The first-order valence-corrected chi connectivity index (χ1v) is 6.19. The molecule has 15 heavy (non-hydrogen) atoms. The molecule has 0 saturated heterocycles. The number of benzene rings is 1. The largest absolute Gasteiger partial charge is 0.492 e. The minimum absolute atomic E-state index is 0.698. The first-order valence-electron chi connectivity index (χ1n) is 5.40. The number of nitrogens with one attached hydrogen (secondary N) is 1. The predicted octanol–water partition coefficient (Wildman–Crippen LogP) is 3.35. The van der Waals surface area contributed by atoms with E-state index in [1.54, 1.807) is 0 Å². The molecule has 1 N–H and O–H groups in total. The van der Waals surface area contributed by atoms with E-state index in [1.807, 2.05) is 19.1 Å². The zero-order chi connectivity index (χ0) is 11.1. The standard InChI is InChI=1S/C12H18BrNO/c1-3-8-14-9-10-6-5-7-11(13)12(10)15-4-2/h5-7,14H,3-4,8-9H2,1-2H3. The van der Waals surface area contributed by atoms with E-state index in [1.165, 1.54) is 5.56 Å². The van der Waals surface area contributed by atoms with E-state index in [0.29, 0.717) is 6.61 Å². The third kappa shape index (κ3) is 3.84. The maximum atomic E-state index is 5.61. The van der Waals surface area contributed by atoms with Crippen molar-refractivity contribution < 1.29 is 4.74 Å². The highest BCUT2D eigenvalue weighted by molar-refractivity contribution is 9.10. The summed E-state index contributed by atoms with van der Waals surface area (Å²) in [5, 5.41) is 3.38. The third-order valence-corrected chi connectivity index (χ3v) is 2.70. The summed E-state index contributed by atoms with van der Waals surface area (Å²) < 4.78 is 6.64. The van der Waals surface area contributed by atoms with Crippen molar-refractivity contribution in [2.24, 2.45) is 0 Å². The summed E-state index contributed by atoms with van der Waals surface area (Å²) in [7, 11) is 0. The zero-order valence-electron chi connectivity index (χ0n) is 9.35. The summed E-state index contributed by atoms with van der Waals surface area (Å²) >= 11 is 3.50. The lowest BCUT2D eigenvalue weighted by molar-refractivity contribution is 0.333. The summed E-state index contributed by atoms with van der Waals surface area (Å²) in [5.74, 6) is 0.962. The molecule has 0 fully saturated rings. The van der Waals surface area contributed by atoms with Crippen molar-refractivity contribution in [3.8, 4) is 5.75 Å². The first-order chi connectivity index (χ1) is 7.29. The highest BCUT2D eigenvalue weighted by atomic mass is 79.9. The fraction of sp³-hybridized carbons (Fsp3) is 0.500. The van der Waals surface area contributed by atoms with Crippen molar-refractivity contribution in [1.29, 1.82) is 0 Å². The molecular weight excluding hydrogens is 254 g/mol. The molecule has 0 atom stereocenters. The molecule has 0 radical (unpaired) electrons. The van der Waals surface area contributed by atoms with E-state index in [9.17, 15) is 0 Å². The summed E-state index contributed by atoms with van der Waals surface area (Å²) in [6.45, 7) is 6.77. The van der Waals surface area contributed by atoms with Gasteiger partial charge in [0.05, 0.1) is 11.1 Å². The summed E-state index contributed by atoms with van der Waals surface area (Å²) in [4.78, 5) is 0. The molecule has 0 bridgehead atoms. The molecular formula is C12H18BrNO. The van der Waals surface area contributed by atoms with Gasteiger partial charge in [0, 0.05) is 12.1 Å². The molecule has 1 aromatic carbocycles. The van der Waals surface area contributed by atoms with Gasteiger partial charge in [-0.1, -0.05) is 19.1 Å². The Kier molecular flexibility index (Phi) is 5.73. The molecule has 0 heterocycles. The Morgan fingerprint density at radius 3 is 2.80 bits per heavy atom. The Balaban J connectivity index is 2.71. The van der Waals surface area contributed by atoms with Gasteiger partial charge in [0.2, 0.25) is 0 Å². The Morgan fingerprint density at radius 2 is 2.13 bits per heavy atom. The van der Waals surface area contributed by atoms with Crippen LogP contribution < -0.4 is 10.1 Å². The maximum Gasteiger partial charge on any atom is 0.137 e. The topological polar surface area (TPSA) is 21.3 Å². The third-order valence-electron chi connectivity index (χ3n) is 2.08. The van der Waals surface area contributed by atoms with Crippen LogP contribution in [0.1, 0.15) is 25.8 Å². The van der Waals surface area contributed by atoms with Gasteiger partial charge in [-0.25, -0.2) is 0 Å². The highest BCUT2D eigenvalue weighted by Gasteiger charge is 2.06. The van der Waals surface area contributed by atoms with Crippen LogP contribution in [0.2, 0.25) is 0 Å². The number of hydrogen-bond acceptors (Lipinski definition) is 2. The molecule has 1 aromatic rings. The monoisotopic (exact) mass is 271 g/mol. The SMILES string of the molecule is CCCNCc1cccc(Br)c1OCC. The first kappa shape index (κ1) is 12.5. The lowest BCUT2D eigenvalue weighted by Crippen LogP contribution is -2.14. The number of rotatable bonds is 6. The van der Waals surface area contributed by atoms with E-state index in [4.69, 9.17) is 4.74 Å². The molecule has 0 spiro atoms. The Labute approximate surface area is 100 Å². The second-order valence-electron chi connectivity index (χ2n) is 3.34. The quantitative estimate of drug-likeness (QED) is 0.802. The maximum absolute atomic E-state index is 5.61. The van der Waals surface area contributed by atoms with Crippen LogP contribution in [0.25, 0.3) is 0 Å². The van der Waals surface area contributed by atoms with Gasteiger partial charge in [-0.2, -0.15) is 0 Å². The van der Waals surface area contributed by atoms with Crippen molar-refractivity contribution in [2.45, 2.75) is 26.8 Å². The summed E-state index contributed by atoms with van der Waals surface area (Å²) in [5.41, 5.74) is 1.21. The van der Waals surface area contributed by atoms with E-state index >= 15 is 0 Å². The van der Waals surface area contributed by atoms with E-state index < -0.39 is 0 Å². The second-order valence-corrected chi connectivity index (χ2v) is 4.19. The van der Waals surface area contributed by atoms with Crippen molar-refractivity contribution in [3.63, 3.8) is 0 Å². The Morgan fingerprint density at radius 1 is 1.33 bits per heavy atom. The van der Waals surface area contributed by atoms with Crippen LogP contribution in [-0.4, -0.2) is 13.2 Å². The van der Waals surface area contributed by atoms with Crippen LogP contribution in [0.15, 0.2) is 22.7 Å². The summed E-state index contributed by atoms with van der Waals surface area (Å²) in [6, 6.07) is 6.14. The number of hydrogen-bond donors (Lipinski definition) is 1. The fourth-order valence-corrected chi connectivity index (χ4v) is 1.92. The molecule has 0 aromatic heterocycles. The van der Waals surface area contributed by atoms with Gasteiger partial charge in [0.25, 0.3) is 0 Å². The molecule has 0 amide bonds. The minimum Gasteiger partial charge on any atom is -0.492 e. The van der Waals surface area contributed by atoms with E-state index in [-0.39, 0.29) is 0 Å². The lowest BCUT2D eigenvalue weighted by Gasteiger charge is -2.12. The van der Waals surface area contributed by atoms with Gasteiger partial charge in [0.1, 0.15) is 5.75 Å². The van der Waals surface area contributed by atoms with Gasteiger partial charge < -0.3 is 10.1 Å². The van der Waals surface area contributed by atoms with Crippen LogP contribution >= 0.6 is 15.9 Å². The molecule has 0 aliphatic heterocycles. The predicted molar refractivity (Wildman–Crippen MR) is 67.3 cm³/mol. The summed E-state index contributed by atoms with van der Waals surface area (Å²) in [6.07, 6.45) is 1.15. The van der Waals surface area contributed by atoms with Crippen molar-refractivity contribution in [2.75, 3.05) is 13.2 Å². The number of ether oxygens (including phenoxy) is 1. The van der Waals surface area contributed by atoms with E-state index in [2.05, 4.69) is 34.2 Å². The van der Waals surface area contributed by atoms with Gasteiger partial charge in [-0.15, -0.1) is 0 Å². The number of para-hydroxylation sites is 1. The molecule has 0 saturated carbocycles. The molecule has 1 rings (SSSR count). The van der Waals surface area contributed by atoms with Gasteiger partial charge in [-0.05, 0) is 41.9 Å². The second kappa shape index (κ2) is 6.85. The average molecular weight is 272 g/mol. The van der Waals surface area contributed by atoms with Crippen molar-refractivity contribution in [1.82, 2.24) is 5.32 Å². The van der Waals surface area contributed by atoms with Gasteiger partial charge >= 0.3 is 0 Å². The molecule has 0 aliphatic rings. The highest BCUT2D eigenvalue weighted by Crippen LogP contribution is 2.28. The smallest absolute Gasteiger partial charge is 0.137 e. The number of halogens is 1. The zero-order valence-corrected chi connectivity index (χ0v) is 10.9. The van der Waals surface area contributed by atoms with Crippen LogP contribution in [0, 0.1) is 0 Å². The van der Waals surface area contributed by atoms with Crippen LogP contribution in [0.4, 0.5) is 0 Å². The van der Waals surface area contributed by atoms with Crippen LogP contribution in [-0.2, 0) is 6.54 Å². The average Bonchev–Trinajstić information content (AvgIpc) is 2.23. The van der Waals surface area contributed by atoms with E-state index in [0.717, 1.165) is 29.7 Å². The molecule has 0 aliphatic carbocycles. The molecule has 0 unspecified atom stereocenters. The lowest BCUT2D eigenvalue weighted by atomic mass is 10.2. The Hall–Kier alpha value is -0.540.